The van der Waals surface area contributed by atoms with Crippen LogP contribution in [0.1, 0.15) is 38.3 Å². The first-order valence-corrected chi connectivity index (χ1v) is 5.64. The van der Waals surface area contributed by atoms with Crippen molar-refractivity contribution in [3.63, 3.8) is 0 Å². The monoisotopic (exact) mass is 229 g/mol. The van der Waals surface area contributed by atoms with E-state index in [-0.39, 0.29) is 5.91 Å². The van der Waals surface area contributed by atoms with Gasteiger partial charge in [0.15, 0.2) is 6.29 Å². The molecule has 0 heterocycles. The molecule has 0 unspecified atom stereocenters. The van der Waals surface area contributed by atoms with Gasteiger partial charge < -0.3 is 4.90 Å². The van der Waals surface area contributed by atoms with Crippen molar-refractivity contribution in [3.05, 3.63) is 40.5 Å². The third-order valence-electron chi connectivity index (χ3n) is 2.98. The summed E-state index contributed by atoms with van der Waals surface area (Å²) in [5.41, 5.74) is 3.04. The molecule has 1 aliphatic carbocycles. The zero-order valence-electron chi connectivity index (χ0n) is 10.1. The van der Waals surface area contributed by atoms with E-state index in [2.05, 4.69) is 0 Å². The van der Waals surface area contributed by atoms with Gasteiger partial charge in [-0.05, 0) is 24.0 Å². The number of amides is 1. The predicted octanol–water partition coefficient (Wildman–Crippen LogP) is 2.16. The van der Waals surface area contributed by atoms with E-state index in [0.717, 1.165) is 30.3 Å². The molecule has 1 amide bonds. The number of rotatable bonds is 2. The average Bonchev–Trinajstić information content (AvgIpc) is 2.36. The molecule has 0 aromatic heterocycles. The molecule has 2 rings (SSSR count). The molecule has 0 bridgehead atoms. The number of carbonyl (C=O) groups excluding carboxylic acids is 2. The van der Waals surface area contributed by atoms with Gasteiger partial charge >= 0.3 is 0 Å². The molecule has 17 heavy (non-hydrogen) atoms. The second-order valence-electron chi connectivity index (χ2n) is 4.36. The molecular formula is C14H15NO2. The Balaban J connectivity index is 2.66. The topological polar surface area (TPSA) is 37.4 Å². The Morgan fingerprint density at radius 3 is 2.76 bits per heavy atom. The quantitative estimate of drug-likeness (QED) is 0.729. The van der Waals surface area contributed by atoms with Crippen molar-refractivity contribution in [1.82, 2.24) is 4.90 Å². The Morgan fingerprint density at radius 2 is 2.12 bits per heavy atom. The number of aldehydes is 1. The van der Waals surface area contributed by atoms with Crippen LogP contribution >= 0.6 is 0 Å². The maximum Gasteiger partial charge on any atom is 0.254 e. The molecule has 0 N–H and O–H groups in total. The molecule has 1 aliphatic rings. The van der Waals surface area contributed by atoms with E-state index in [1.165, 1.54) is 4.90 Å². The van der Waals surface area contributed by atoms with Gasteiger partial charge in [0.2, 0.25) is 0 Å². The summed E-state index contributed by atoms with van der Waals surface area (Å²) in [4.78, 5) is 24.7. The van der Waals surface area contributed by atoms with Crippen molar-refractivity contribution in [2.75, 3.05) is 14.1 Å². The number of fused-ring (bicyclic) bond motifs is 1. The van der Waals surface area contributed by atoms with Crippen molar-refractivity contribution in [2.24, 2.45) is 0 Å². The van der Waals surface area contributed by atoms with Crippen LogP contribution in [-0.4, -0.2) is 31.2 Å². The lowest BCUT2D eigenvalue weighted by Crippen LogP contribution is -2.24. The minimum Gasteiger partial charge on any atom is -0.345 e. The molecule has 0 radical (unpaired) electrons. The smallest absolute Gasteiger partial charge is 0.254 e. The SMILES string of the molecule is CN(C)C(=O)c1c(C=O)ccc2c1C=CCC2. The minimum atomic E-state index is -0.115. The first kappa shape index (κ1) is 11.6. The fraction of sp³-hybridized carbons (Fsp3) is 0.286. The molecule has 0 spiro atoms. The Labute approximate surface area is 101 Å². The van der Waals surface area contributed by atoms with Crippen molar-refractivity contribution >= 4 is 18.3 Å². The molecule has 88 valence electrons. The van der Waals surface area contributed by atoms with Crippen LogP contribution in [0.4, 0.5) is 0 Å². The van der Waals surface area contributed by atoms with Gasteiger partial charge in [-0.15, -0.1) is 0 Å². The van der Waals surface area contributed by atoms with Gasteiger partial charge in [0.05, 0.1) is 5.56 Å². The second kappa shape index (κ2) is 4.53. The van der Waals surface area contributed by atoms with Crippen LogP contribution in [0.25, 0.3) is 6.08 Å². The number of allylic oxidation sites excluding steroid dienone is 1. The summed E-state index contributed by atoms with van der Waals surface area (Å²) in [6.45, 7) is 0. The van der Waals surface area contributed by atoms with Gasteiger partial charge in [-0.25, -0.2) is 0 Å². The molecule has 3 heteroatoms. The van der Waals surface area contributed by atoms with Gasteiger partial charge in [0, 0.05) is 19.7 Å². The zero-order chi connectivity index (χ0) is 12.4. The van der Waals surface area contributed by atoms with Gasteiger partial charge in [-0.1, -0.05) is 24.3 Å². The molecule has 0 saturated heterocycles. The highest BCUT2D eigenvalue weighted by atomic mass is 16.2. The van der Waals surface area contributed by atoms with Gasteiger partial charge in [-0.3, -0.25) is 9.59 Å². The van der Waals surface area contributed by atoms with Crippen molar-refractivity contribution in [2.45, 2.75) is 12.8 Å². The van der Waals surface area contributed by atoms with Crippen molar-refractivity contribution in [3.8, 4) is 0 Å². The fourth-order valence-electron chi connectivity index (χ4n) is 2.09. The van der Waals surface area contributed by atoms with E-state index in [4.69, 9.17) is 0 Å². The third kappa shape index (κ3) is 2.00. The first-order valence-electron chi connectivity index (χ1n) is 5.64. The summed E-state index contributed by atoms with van der Waals surface area (Å²) in [6, 6.07) is 3.68. The van der Waals surface area contributed by atoms with Gasteiger partial charge in [0.1, 0.15) is 0 Å². The van der Waals surface area contributed by atoms with Crippen molar-refractivity contribution in [1.29, 1.82) is 0 Å². The van der Waals surface area contributed by atoms with E-state index in [1.807, 2.05) is 18.2 Å². The van der Waals surface area contributed by atoms with Crippen LogP contribution in [-0.2, 0) is 6.42 Å². The van der Waals surface area contributed by atoms with E-state index in [0.29, 0.717) is 11.1 Å². The van der Waals surface area contributed by atoms with E-state index in [1.54, 1.807) is 20.2 Å². The lowest BCUT2D eigenvalue weighted by atomic mass is 9.90. The Hall–Kier alpha value is -1.90. The molecule has 3 nitrogen and oxygen atoms in total. The molecule has 1 aromatic carbocycles. The van der Waals surface area contributed by atoms with Gasteiger partial charge in [-0.2, -0.15) is 0 Å². The highest BCUT2D eigenvalue weighted by molar-refractivity contribution is 6.04. The molecule has 1 aromatic rings. The third-order valence-corrected chi connectivity index (χ3v) is 2.98. The normalized spacial score (nSPS) is 13.1. The Bertz CT molecular complexity index is 501. The van der Waals surface area contributed by atoms with E-state index < -0.39 is 0 Å². The molecule has 0 aliphatic heterocycles. The average molecular weight is 229 g/mol. The Kier molecular flexibility index (Phi) is 3.09. The Morgan fingerprint density at radius 1 is 1.35 bits per heavy atom. The first-order chi connectivity index (χ1) is 8.15. The maximum atomic E-state index is 12.1. The number of hydrogen-bond acceptors (Lipinski definition) is 2. The highest BCUT2D eigenvalue weighted by Crippen LogP contribution is 2.26. The standard InChI is InChI=1S/C14H15NO2/c1-15(2)14(17)13-11(9-16)8-7-10-5-3-4-6-12(10)13/h4,6-9H,3,5H2,1-2H3. The van der Waals surface area contributed by atoms with E-state index >= 15 is 0 Å². The van der Waals surface area contributed by atoms with Gasteiger partial charge in [0.25, 0.3) is 5.91 Å². The zero-order valence-corrected chi connectivity index (χ0v) is 10.1. The summed E-state index contributed by atoms with van der Waals surface area (Å²) in [6.07, 6.45) is 6.66. The van der Waals surface area contributed by atoms with Crippen LogP contribution in [0.2, 0.25) is 0 Å². The second-order valence-corrected chi connectivity index (χ2v) is 4.36. The van der Waals surface area contributed by atoms with E-state index in [9.17, 15) is 9.59 Å². The molecule has 0 saturated carbocycles. The van der Waals surface area contributed by atoms with Crippen LogP contribution in [0.5, 0.6) is 0 Å². The largest absolute Gasteiger partial charge is 0.345 e. The minimum absolute atomic E-state index is 0.115. The summed E-state index contributed by atoms with van der Waals surface area (Å²) < 4.78 is 0. The maximum absolute atomic E-state index is 12.1. The summed E-state index contributed by atoms with van der Waals surface area (Å²) in [7, 11) is 3.39. The summed E-state index contributed by atoms with van der Waals surface area (Å²) >= 11 is 0. The van der Waals surface area contributed by atoms with Crippen molar-refractivity contribution < 1.29 is 9.59 Å². The fourth-order valence-corrected chi connectivity index (χ4v) is 2.09. The van der Waals surface area contributed by atoms with Crippen LogP contribution in [0, 0.1) is 0 Å². The van der Waals surface area contributed by atoms with Crippen LogP contribution in [0.15, 0.2) is 18.2 Å². The summed E-state index contributed by atoms with van der Waals surface area (Å²) in [5, 5.41) is 0. The number of hydrogen-bond donors (Lipinski definition) is 0. The molecule has 0 atom stereocenters. The lowest BCUT2D eigenvalue weighted by Gasteiger charge is -2.19. The molecular weight excluding hydrogens is 214 g/mol. The predicted molar refractivity (Wildman–Crippen MR) is 67.2 cm³/mol. The molecule has 0 fully saturated rings. The lowest BCUT2D eigenvalue weighted by molar-refractivity contribution is 0.0824. The van der Waals surface area contributed by atoms with Crippen LogP contribution < -0.4 is 0 Å². The highest BCUT2D eigenvalue weighted by Gasteiger charge is 2.20. The summed E-state index contributed by atoms with van der Waals surface area (Å²) in [5.74, 6) is -0.115. The number of nitrogens with zero attached hydrogens (tertiary/aromatic N) is 1. The number of aryl methyl sites for hydroxylation is 1. The number of benzene rings is 1. The van der Waals surface area contributed by atoms with Crippen LogP contribution in [0.3, 0.4) is 0 Å². The number of carbonyl (C=O) groups is 2.